The van der Waals surface area contributed by atoms with Gasteiger partial charge in [-0.05, 0) is 40.2 Å². The monoisotopic (exact) mass is 247 g/mol. The van der Waals surface area contributed by atoms with Gasteiger partial charge in [-0.3, -0.25) is 9.98 Å². The predicted octanol–water partition coefficient (Wildman–Crippen LogP) is 3.51. The number of hydrogen-bond donors (Lipinski definition) is 1. The van der Waals surface area contributed by atoms with Gasteiger partial charge in [0.05, 0.1) is 5.71 Å². The zero-order valence-electron chi connectivity index (χ0n) is 12.6. The number of nitrogens with one attached hydrogen (secondary N) is 1. The summed E-state index contributed by atoms with van der Waals surface area (Å²) in [5, 5.41) is 3.15. The van der Waals surface area contributed by atoms with Crippen molar-refractivity contribution in [3.8, 4) is 0 Å². The molecule has 18 heavy (non-hydrogen) atoms. The van der Waals surface area contributed by atoms with Gasteiger partial charge in [-0.2, -0.15) is 0 Å². The Morgan fingerprint density at radius 1 is 1.11 bits per heavy atom. The molecule has 0 heterocycles. The van der Waals surface area contributed by atoms with E-state index in [9.17, 15) is 0 Å². The van der Waals surface area contributed by atoms with Gasteiger partial charge in [0.2, 0.25) is 0 Å². The summed E-state index contributed by atoms with van der Waals surface area (Å²) in [6.07, 6.45) is 5.89. The lowest BCUT2D eigenvalue weighted by atomic mass is 10.0. The Morgan fingerprint density at radius 2 is 1.72 bits per heavy atom. The summed E-state index contributed by atoms with van der Waals surface area (Å²) in [5.74, 6) is 0. The fraction of sp³-hybridized carbons (Fsp3) is 0.467. The van der Waals surface area contributed by atoms with Gasteiger partial charge < -0.3 is 5.32 Å². The van der Waals surface area contributed by atoms with E-state index in [1.54, 1.807) is 0 Å². The van der Waals surface area contributed by atoms with E-state index in [4.69, 9.17) is 0 Å². The van der Waals surface area contributed by atoms with Crippen molar-refractivity contribution in [2.75, 3.05) is 14.1 Å². The van der Waals surface area contributed by atoms with Crippen LogP contribution in [0.1, 0.15) is 34.6 Å². The smallest absolute Gasteiger partial charge is 0.0704 e. The highest BCUT2D eigenvalue weighted by molar-refractivity contribution is 6.14. The molecule has 0 radical (unpaired) electrons. The van der Waals surface area contributed by atoms with E-state index in [1.165, 1.54) is 0 Å². The van der Waals surface area contributed by atoms with E-state index in [2.05, 4.69) is 22.2 Å². The number of rotatable bonds is 5. The van der Waals surface area contributed by atoms with Crippen LogP contribution in [0.25, 0.3) is 0 Å². The second-order valence-electron chi connectivity index (χ2n) is 4.23. The molecule has 3 heteroatoms. The maximum atomic E-state index is 4.38. The zero-order chi connectivity index (χ0) is 14.1. The maximum absolute atomic E-state index is 4.38. The van der Waals surface area contributed by atoms with Crippen molar-refractivity contribution >= 4 is 11.4 Å². The van der Waals surface area contributed by atoms with Crippen molar-refractivity contribution in [3.63, 3.8) is 0 Å². The summed E-state index contributed by atoms with van der Waals surface area (Å²) in [5.41, 5.74) is 5.26. The van der Waals surface area contributed by atoms with Crippen molar-refractivity contribution in [3.05, 3.63) is 35.2 Å². The molecule has 3 nitrogen and oxygen atoms in total. The van der Waals surface area contributed by atoms with Gasteiger partial charge in [0.15, 0.2) is 0 Å². The Hall–Kier alpha value is -1.64. The predicted molar refractivity (Wildman–Crippen MR) is 82.5 cm³/mol. The summed E-state index contributed by atoms with van der Waals surface area (Å²) >= 11 is 0. The summed E-state index contributed by atoms with van der Waals surface area (Å²) < 4.78 is 0. The van der Waals surface area contributed by atoms with Crippen molar-refractivity contribution in [2.24, 2.45) is 9.98 Å². The number of aliphatic imine (C=N–C) groups is 2. The van der Waals surface area contributed by atoms with E-state index in [0.29, 0.717) is 0 Å². The van der Waals surface area contributed by atoms with Gasteiger partial charge in [0.1, 0.15) is 0 Å². The third kappa shape index (κ3) is 5.13. The Kier molecular flexibility index (Phi) is 7.68. The van der Waals surface area contributed by atoms with Crippen LogP contribution in [0, 0.1) is 0 Å². The molecule has 0 bridgehead atoms. The molecule has 1 N–H and O–H groups in total. The SMILES string of the molecule is C/C=C/C(=C\N=C(C)C)C(=N/C)/C(C)=C(\C)NC. The molecule has 0 fully saturated rings. The molecule has 0 unspecified atom stereocenters. The van der Waals surface area contributed by atoms with Crippen molar-refractivity contribution in [1.29, 1.82) is 0 Å². The van der Waals surface area contributed by atoms with Gasteiger partial charge in [-0.25, -0.2) is 0 Å². The summed E-state index contributed by atoms with van der Waals surface area (Å²) in [6.45, 7) is 10.1. The van der Waals surface area contributed by atoms with Gasteiger partial charge in [0, 0.05) is 37.3 Å². The zero-order valence-corrected chi connectivity index (χ0v) is 12.6. The van der Waals surface area contributed by atoms with Crippen LogP contribution in [0.5, 0.6) is 0 Å². The van der Waals surface area contributed by atoms with Gasteiger partial charge in [0.25, 0.3) is 0 Å². The summed E-state index contributed by atoms with van der Waals surface area (Å²) in [7, 11) is 3.72. The highest BCUT2D eigenvalue weighted by atomic mass is 14.8. The van der Waals surface area contributed by atoms with E-state index in [1.807, 2.05) is 60.1 Å². The van der Waals surface area contributed by atoms with E-state index < -0.39 is 0 Å². The maximum Gasteiger partial charge on any atom is 0.0704 e. The molecule has 0 aromatic rings. The van der Waals surface area contributed by atoms with Crippen molar-refractivity contribution < 1.29 is 0 Å². The number of allylic oxidation sites excluding steroid dienone is 5. The first-order chi connectivity index (χ1) is 8.47. The number of hydrogen-bond acceptors (Lipinski definition) is 3. The fourth-order valence-electron chi connectivity index (χ4n) is 1.44. The molecule has 0 aliphatic rings. The van der Waals surface area contributed by atoms with Crippen LogP contribution in [-0.4, -0.2) is 25.5 Å². The molecule has 0 saturated heterocycles. The Balaban J connectivity index is 5.62. The quantitative estimate of drug-likeness (QED) is 0.586. The number of nitrogens with zero attached hydrogens (tertiary/aromatic N) is 2. The molecule has 0 aromatic heterocycles. The van der Waals surface area contributed by atoms with E-state index in [0.717, 1.165) is 28.3 Å². The first-order valence-corrected chi connectivity index (χ1v) is 6.14. The fourth-order valence-corrected chi connectivity index (χ4v) is 1.44. The highest BCUT2D eigenvalue weighted by Crippen LogP contribution is 2.13. The minimum Gasteiger partial charge on any atom is -0.391 e. The Bertz CT molecular complexity index is 417. The van der Waals surface area contributed by atoms with Crippen LogP contribution in [0.4, 0.5) is 0 Å². The minimum absolute atomic E-state index is 0.963. The van der Waals surface area contributed by atoms with Crippen LogP contribution in [0.2, 0.25) is 0 Å². The molecule has 0 aromatic carbocycles. The van der Waals surface area contributed by atoms with Crippen molar-refractivity contribution in [2.45, 2.75) is 34.6 Å². The van der Waals surface area contributed by atoms with E-state index in [-0.39, 0.29) is 0 Å². The molecule has 0 aliphatic carbocycles. The third-order valence-corrected chi connectivity index (χ3v) is 2.60. The topological polar surface area (TPSA) is 36.8 Å². The first-order valence-electron chi connectivity index (χ1n) is 6.14. The molecule has 100 valence electrons. The van der Waals surface area contributed by atoms with Crippen LogP contribution in [-0.2, 0) is 0 Å². The molecule has 0 spiro atoms. The standard InChI is InChI=1S/C15H25N3/c1-8-9-14(10-18-11(2)3)15(17-7)12(4)13(5)16-6/h8-10,16H,1-7H3/b9-8+,13-12+,14-10+,17-15+. The Labute approximate surface area is 111 Å². The van der Waals surface area contributed by atoms with E-state index >= 15 is 0 Å². The van der Waals surface area contributed by atoms with Gasteiger partial charge >= 0.3 is 0 Å². The second-order valence-corrected chi connectivity index (χ2v) is 4.23. The summed E-state index contributed by atoms with van der Waals surface area (Å²) in [6, 6.07) is 0. The normalized spacial score (nSPS) is 14.6. The molecular weight excluding hydrogens is 222 g/mol. The van der Waals surface area contributed by atoms with Crippen LogP contribution in [0.15, 0.2) is 45.2 Å². The average Bonchev–Trinajstić information content (AvgIpc) is 2.35. The highest BCUT2D eigenvalue weighted by Gasteiger charge is 2.08. The molecular formula is C15H25N3. The van der Waals surface area contributed by atoms with Crippen LogP contribution < -0.4 is 5.32 Å². The van der Waals surface area contributed by atoms with Crippen molar-refractivity contribution in [1.82, 2.24) is 5.32 Å². The van der Waals surface area contributed by atoms with Crippen LogP contribution in [0.3, 0.4) is 0 Å². The molecule has 0 aliphatic heterocycles. The lowest BCUT2D eigenvalue weighted by Gasteiger charge is -2.11. The first kappa shape index (κ1) is 16.4. The Morgan fingerprint density at radius 3 is 2.11 bits per heavy atom. The van der Waals surface area contributed by atoms with Gasteiger partial charge in [-0.15, -0.1) is 0 Å². The average molecular weight is 247 g/mol. The lowest BCUT2D eigenvalue weighted by molar-refractivity contribution is 0.973. The summed E-state index contributed by atoms with van der Waals surface area (Å²) in [4.78, 5) is 8.74. The minimum atomic E-state index is 0.963. The lowest BCUT2D eigenvalue weighted by Crippen LogP contribution is -2.12. The van der Waals surface area contributed by atoms with Gasteiger partial charge in [-0.1, -0.05) is 12.2 Å². The second kappa shape index (κ2) is 8.45. The molecule has 0 rings (SSSR count). The largest absolute Gasteiger partial charge is 0.391 e. The third-order valence-electron chi connectivity index (χ3n) is 2.60. The van der Waals surface area contributed by atoms with Crippen LogP contribution >= 0.6 is 0 Å². The molecule has 0 amide bonds. The molecule has 0 saturated carbocycles. The molecule has 0 atom stereocenters.